The van der Waals surface area contributed by atoms with Crippen LogP contribution in [0.2, 0.25) is 0 Å². The van der Waals surface area contributed by atoms with Crippen LogP contribution in [0.1, 0.15) is 25.2 Å². The summed E-state index contributed by atoms with van der Waals surface area (Å²) >= 11 is 0. The van der Waals surface area contributed by atoms with Crippen LogP contribution in [-0.2, 0) is 25.8 Å². The van der Waals surface area contributed by atoms with Crippen LogP contribution < -0.4 is 9.47 Å². The zero-order valence-corrected chi connectivity index (χ0v) is 18.5. The molecule has 8 nitrogen and oxygen atoms in total. The summed E-state index contributed by atoms with van der Waals surface area (Å²) in [5.74, 6) is 2.70. The minimum atomic E-state index is -0.548. The van der Waals surface area contributed by atoms with Crippen molar-refractivity contribution in [3.05, 3.63) is 73.1 Å². The molecule has 0 bridgehead atoms. The quantitative estimate of drug-likeness (QED) is 0.303. The first-order valence-corrected chi connectivity index (χ1v) is 8.97. The Kier molecular flexibility index (Phi) is 6.34. The second-order valence-electron chi connectivity index (χ2n) is 6.92. The van der Waals surface area contributed by atoms with E-state index in [2.05, 4.69) is 36.5 Å². The second-order valence-corrected chi connectivity index (χ2v) is 6.92. The number of hydrogen-bond acceptors (Lipinski definition) is 6. The first-order valence-electron chi connectivity index (χ1n) is 8.97. The molecule has 156 valence electrons. The van der Waals surface area contributed by atoms with E-state index in [-0.39, 0.29) is 20.4 Å². The molecule has 0 fully saturated rings. The molecule has 0 aliphatic rings. The van der Waals surface area contributed by atoms with Gasteiger partial charge in [-0.2, -0.15) is 0 Å². The molecule has 0 aromatic carbocycles. The van der Waals surface area contributed by atoms with Gasteiger partial charge in [0.05, 0.1) is 25.9 Å². The molecule has 0 unspecified atom stereocenters. The number of ether oxygens (including phenoxy) is 2. The van der Waals surface area contributed by atoms with Crippen LogP contribution >= 0.6 is 0 Å². The molecule has 4 rings (SSSR count). The van der Waals surface area contributed by atoms with E-state index in [0.717, 1.165) is 11.4 Å². The molecular weight excluding hydrogens is 475 g/mol. The van der Waals surface area contributed by atoms with Gasteiger partial charge < -0.3 is 28.6 Å². The van der Waals surface area contributed by atoms with Gasteiger partial charge in [-0.1, -0.05) is 24.8 Å². The molecule has 0 aliphatic carbocycles. The van der Waals surface area contributed by atoms with Crippen LogP contribution in [-0.4, -0.2) is 43.3 Å². The Morgan fingerprint density at radius 2 is 1.20 bits per heavy atom. The minimum absolute atomic E-state index is 0. The van der Waals surface area contributed by atoms with E-state index in [1.165, 1.54) is 0 Å². The van der Waals surface area contributed by atoms with Crippen LogP contribution in [0.3, 0.4) is 0 Å². The third-order valence-corrected chi connectivity index (χ3v) is 4.73. The SMILES string of the molecule is COc1cc(-n2[c-]ncc2)nc(C(C)(C)c2cc(OC)cc(-n3[c-]ncc3)n2)c1.[Pd+2]. The van der Waals surface area contributed by atoms with Gasteiger partial charge in [0.25, 0.3) is 0 Å². The second kappa shape index (κ2) is 8.78. The minimum Gasteiger partial charge on any atom is -0.497 e. The van der Waals surface area contributed by atoms with Crippen LogP contribution in [0.5, 0.6) is 11.5 Å². The van der Waals surface area contributed by atoms with E-state index < -0.39 is 5.41 Å². The summed E-state index contributed by atoms with van der Waals surface area (Å²) in [5, 5.41) is 0. The van der Waals surface area contributed by atoms with Gasteiger partial charge in [0.1, 0.15) is 11.5 Å². The van der Waals surface area contributed by atoms with Gasteiger partial charge in [0.2, 0.25) is 0 Å². The van der Waals surface area contributed by atoms with Crippen molar-refractivity contribution >= 4 is 0 Å². The fourth-order valence-corrected chi connectivity index (χ4v) is 2.95. The maximum atomic E-state index is 5.50. The Morgan fingerprint density at radius 3 is 1.53 bits per heavy atom. The standard InChI is InChI=1S/C21H20N6O2.Pd/c1-21(2,17-9-15(28-3)11-19(24-17)26-7-5-22-13-26)18-10-16(29-4)12-20(25-18)27-8-6-23-14-27;/h5-12H,1-4H3;/q-2;+2. The van der Waals surface area contributed by atoms with Gasteiger partial charge in [-0.3, -0.25) is 9.97 Å². The third-order valence-electron chi connectivity index (χ3n) is 4.73. The fraction of sp³-hybridized carbons (Fsp3) is 0.238. The van der Waals surface area contributed by atoms with Gasteiger partial charge in [0.15, 0.2) is 0 Å². The Balaban J connectivity index is 0.00000256. The molecule has 0 saturated carbocycles. The number of methoxy groups -OCH3 is 2. The van der Waals surface area contributed by atoms with E-state index in [1.54, 1.807) is 48.1 Å². The molecule has 4 aromatic heterocycles. The van der Waals surface area contributed by atoms with Crippen LogP contribution in [0.25, 0.3) is 11.6 Å². The monoisotopic (exact) mass is 494 g/mol. The van der Waals surface area contributed by atoms with Gasteiger partial charge >= 0.3 is 20.4 Å². The molecule has 9 heteroatoms. The molecule has 0 radical (unpaired) electrons. The number of hydrogen-bond donors (Lipinski definition) is 0. The zero-order chi connectivity index (χ0) is 20.4. The van der Waals surface area contributed by atoms with Crippen molar-refractivity contribution < 1.29 is 29.9 Å². The van der Waals surface area contributed by atoms with Crippen molar-refractivity contribution in [1.82, 2.24) is 29.1 Å². The van der Waals surface area contributed by atoms with E-state index in [0.29, 0.717) is 23.1 Å². The van der Waals surface area contributed by atoms with Crippen LogP contribution in [0.4, 0.5) is 0 Å². The summed E-state index contributed by atoms with van der Waals surface area (Å²) in [6.45, 7) is 4.11. The van der Waals surface area contributed by atoms with Crippen LogP contribution in [0, 0.1) is 12.7 Å². The Labute approximate surface area is 188 Å². The molecular formula is C21H20N6O2Pd. The number of nitrogens with zero attached hydrogens (tertiary/aromatic N) is 6. The van der Waals surface area contributed by atoms with Crippen molar-refractivity contribution in [3.8, 4) is 23.1 Å². The third kappa shape index (κ3) is 4.13. The van der Waals surface area contributed by atoms with Gasteiger partial charge in [-0.25, -0.2) is 0 Å². The van der Waals surface area contributed by atoms with Crippen molar-refractivity contribution in [3.63, 3.8) is 0 Å². The van der Waals surface area contributed by atoms with E-state index in [4.69, 9.17) is 19.4 Å². The molecule has 0 spiro atoms. The fourth-order valence-electron chi connectivity index (χ4n) is 2.95. The Bertz CT molecular complexity index is 1020. The summed E-state index contributed by atoms with van der Waals surface area (Å²) in [5.41, 5.74) is 1.03. The summed E-state index contributed by atoms with van der Waals surface area (Å²) in [7, 11) is 3.26. The molecule has 0 N–H and O–H groups in total. The first-order chi connectivity index (χ1) is 14.0. The molecule has 0 atom stereocenters. The Hall–Kier alpha value is -3.02. The summed E-state index contributed by atoms with van der Waals surface area (Å²) < 4.78 is 14.4. The van der Waals surface area contributed by atoms with Crippen molar-refractivity contribution in [2.24, 2.45) is 0 Å². The topological polar surface area (TPSA) is 79.9 Å². The Morgan fingerprint density at radius 1 is 0.767 bits per heavy atom. The van der Waals surface area contributed by atoms with Gasteiger partial charge in [-0.05, 0) is 26.0 Å². The number of rotatable bonds is 6. The number of imidazole rings is 2. The summed E-state index contributed by atoms with van der Waals surface area (Å²) in [4.78, 5) is 17.6. The predicted molar refractivity (Wildman–Crippen MR) is 106 cm³/mol. The molecule has 0 saturated heterocycles. The van der Waals surface area contributed by atoms with Crippen molar-refractivity contribution in [2.75, 3.05) is 14.2 Å². The van der Waals surface area contributed by atoms with Crippen molar-refractivity contribution in [2.45, 2.75) is 19.3 Å². The average molecular weight is 495 g/mol. The van der Waals surface area contributed by atoms with Crippen molar-refractivity contribution in [1.29, 1.82) is 0 Å². The largest absolute Gasteiger partial charge is 2.00 e. The van der Waals surface area contributed by atoms with Gasteiger partial charge in [-0.15, -0.1) is 0 Å². The maximum Gasteiger partial charge on any atom is 2.00 e. The maximum absolute atomic E-state index is 5.50. The van der Waals surface area contributed by atoms with Crippen LogP contribution in [0.15, 0.2) is 49.1 Å². The molecule has 0 aliphatic heterocycles. The molecule has 30 heavy (non-hydrogen) atoms. The smallest absolute Gasteiger partial charge is 0.497 e. The first kappa shape index (κ1) is 21.7. The molecule has 0 amide bonds. The predicted octanol–water partition coefficient (Wildman–Crippen LogP) is 2.79. The molecule has 4 aromatic rings. The van der Waals surface area contributed by atoms with Gasteiger partial charge in [0, 0.05) is 41.6 Å². The average Bonchev–Trinajstić information content (AvgIpc) is 3.47. The van der Waals surface area contributed by atoms with E-state index in [9.17, 15) is 0 Å². The molecule has 4 heterocycles. The number of pyridine rings is 2. The summed E-state index contributed by atoms with van der Waals surface area (Å²) in [6.07, 6.45) is 12.6. The normalized spacial score (nSPS) is 11.1. The zero-order valence-electron chi connectivity index (χ0n) is 16.9. The number of aromatic nitrogens is 6. The van der Waals surface area contributed by atoms with E-state index >= 15 is 0 Å². The summed E-state index contributed by atoms with van der Waals surface area (Å²) in [6, 6.07) is 7.49. The van der Waals surface area contributed by atoms with E-state index in [1.807, 2.05) is 24.3 Å².